The predicted molar refractivity (Wildman–Crippen MR) is 69.0 cm³/mol. The summed E-state index contributed by atoms with van der Waals surface area (Å²) in [5.74, 6) is -0.490. The number of phenolic OH excluding ortho intramolecular Hbond substituents is 1. The van der Waals surface area contributed by atoms with Crippen molar-refractivity contribution in [3.05, 3.63) is 24.3 Å². The predicted octanol–water partition coefficient (Wildman–Crippen LogP) is 0.0927. The number of sulfone groups is 1. The van der Waals surface area contributed by atoms with E-state index in [2.05, 4.69) is 5.32 Å². The molecular formula is C11H16N2O4S. The largest absolute Gasteiger partial charge is 0.508 e. The lowest BCUT2D eigenvalue weighted by molar-refractivity contribution is -0.117. The molecule has 1 amide bonds. The highest BCUT2D eigenvalue weighted by Gasteiger charge is 2.15. The molecule has 0 bridgehead atoms. The summed E-state index contributed by atoms with van der Waals surface area (Å²) < 4.78 is 21.9. The molecule has 0 aliphatic carbocycles. The van der Waals surface area contributed by atoms with E-state index in [1.165, 1.54) is 24.3 Å². The van der Waals surface area contributed by atoms with Gasteiger partial charge in [0.15, 0.2) is 0 Å². The number of nitrogens with one attached hydrogen (secondary N) is 1. The Hall–Kier alpha value is -1.60. The molecule has 0 aliphatic rings. The molecule has 1 aromatic carbocycles. The fourth-order valence-electron chi connectivity index (χ4n) is 1.25. The van der Waals surface area contributed by atoms with Crippen molar-refractivity contribution in [1.29, 1.82) is 0 Å². The summed E-state index contributed by atoms with van der Waals surface area (Å²) in [6, 6.07) is 5.02. The van der Waals surface area contributed by atoms with Crippen molar-refractivity contribution in [1.82, 2.24) is 0 Å². The van der Waals surface area contributed by atoms with Gasteiger partial charge in [-0.15, -0.1) is 0 Å². The minimum absolute atomic E-state index is 0.0722. The minimum Gasteiger partial charge on any atom is -0.508 e. The van der Waals surface area contributed by atoms with Crippen LogP contribution in [-0.4, -0.2) is 37.5 Å². The molecule has 1 atom stereocenters. The van der Waals surface area contributed by atoms with E-state index in [1.54, 1.807) is 0 Å². The highest BCUT2D eigenvalue weighted by molar-refractivity contribution is 7.90. The zero-order chi connectivity index (χ0) is 13.8. The topological polar surface area (TPSA) is 109 Å². The third-order valence-electron chi connectivity index (χ3n) is 2.27. The van der Waals surface area contributed by atoms with Crippen molar-refractivity contribution in [2.75, 3.05) is 17.3 Å². The molecule has 0 radical (unpaired) electrons. The summed E-state index contributed by atoms with van der Waals surface area (Å²) in [5.41, 5.74) is 6.07. The first-order valence-corrected chi connectivity index (χ1v) is 7.37. The monoisotopic (exact) mass is 272 g/mol. The van der Waals surface area contributed by atoms with Gasteiger partial charge in [-0.05, 0) is 30.7 Å². The molecule has 0 saturated carbocycles. The van der Waals surface area contributed by atoms with E-state index in [9.17, 15) is 13.2 Å². The van der Waals surface area contributed by atoms with Crippen LogP contribution in [0.25, 0.3) is 0 Å². The molecule has 0 spiro atoms. The summed E-state index contributed by atoms with van der Waals surface area (Å²) in [5, 5.41) is 11.6. The number of hydrogen-bond donors (Lipinski definition) is 3. The Morgan fingerprint density at radius 3 is 2.44 bits per heavy atom. The van der Waals surface area contributed by atoms with Crippen LogP contribution < -0.4 is 11.1 Å². The molecule has 100 valence electrons. The fraction of sp³-hybridized carbons (Fsp3) is 0.364. The van der Waals surface area contributed by atoms with E-state index in [0.29, 0.717) is 5.69 Å². The zero-order valence-electron chi connectivity index (χ0n) is 9.96. The van der Waals surface area contributed by atoms with Crippen LogP contribution in [0.2, 0.25) is 0 Å². The number of phenols is 1. The van der Waals surface area contributed by atoms with Crippen LogP contribution >= 0.6 is 0 Å². The number of aromatic hydroxyl groups is 1. The van der Waals surface area contributed by atoms with Gasteiger partial charge in [0.05, 0.1) is 11.8 Å². The lowest BCUT2D eigenvalue weighted by Crippen LogP contribution is -2.37. The lowest BCUT2D eigenvalue weighted by atomic mass is 10.2. The van der Waals surface area contributed by atoms with E-state index in [1.807, 2.05) is 0 Å². The summed E-state index contributed by atoms with van der Waals surface area (Å²) in [6.07, 6.45) is 1.17. The van der Waals surface area contributed by atoms with Crippen molar-refractivity contribution in [3.8, 4) is 5.75 Å². The zero-order valence-corrected chi connectivity index (χ0v) is 10.8. The summed E-state index contributed by atoms with van der Waals surface area (Å²) in [7, 11) is -3.12. The highest BCUT2D eigenvalue weighted by Crippen LogP contribution is 2.13. The van der Waals surface area contributed by atoms with E-state index in [0.717, 1.165) is 6.26 Å². The Bertz CT molecular complexity index is 510. The maximum Gasteiger partial charge on any atom is 0.241 e. The Morgan fingerprint density at radius 1 is 1.39 bits per heavy atom. The number of nitrogens with two attached hydrogens (primary N) is 1. The van der Waals surface area contributed by atoms with Gasteiger partial charge in [-0.2, -0.15) is 0 Å². The standard InChI is InChI=1S/C11H16N2O4S/c1-18(16,17)7-6-10(12)11(15)13-8-2-4-9(14)5-3-8/h2-5,10,14H,6-7,12H2,1H3,(H,13,15). The van der Waals surface area contributed by atoms with Crippen LogP contribution in [-0.2, 0) is 14.6 Å². The molecule has 0 aliphatic heterocycles. The second kappa shape index (κ2) is 5.83. The van der Waals surface area contributed by atoms with Gasteiger partial charge in [0, 0.05) is 11.9 Å². The van der Waals surface area contributed by atoms with E-state index in [-0.39, 0.29) is 17.9 Å². The van der Waals surface area contributed by atoms with Crippen LogP contribution in [0.3, 0.4) is 0 Å². The van der Waals surface area contributed by atoms with Crippen LogP contribution in [0.15, 0.2) is 24.3 Å². The van der Waals surface area contributed by atoms with Gasteiger partial charge in [-0.3, -0.25) is 4.79 Å². The molecule has 4 N–H and O–H groups in total. The van der Waals surface area contributed by atoms with Gasteiger partial charge in [0.1, 0.15) is 15.6 Å². The van der Waals surface area contributed by atoms with Crippen molar-refractivity contribution in [3.63, 3.8) is 0 Å². The number of benzene rings is 1. The number of anilines is 1. The number of hydrogen-bond acceptors (Lipinski definition) is 5. The van der Waals surface area contributed by atoms with Gasteiger partial charge >= 0.3 is 0 Å². The first-order valence-electron chi connectivity index (χ1n) is 5.31. The van der Waals surface area contributed by atoms with Gasteiger partial charge in [0.2, 0.25) is 5.91 Å². The summed E-state index contributed by atoms with van der Waals surface area (Å²) in [4.78, 5) is 11.6. The number of carbonyl (C=O) groups excluding carboxylic acids is 1. The average molecular weight is 272 g/mol. The average Bonchev–Trinajstić information content (AvgIpc) is 2.28. The van der Waals surface area contributed by atoms with Crippen molar-refractivity contribution in [2.45, 2.75) is 12.5 Å². The Labute approximate surface area is 106 Å². The second-order valence-corrected chi connectivity index (χ2v) is 6.32. The third-order valence-corrected chi connectivity index (χ3v) is 3.25. The molecule has 1 aromatic rings. The van der Waals surface area contributed by atoms with Gasteiger partial charge < -0.3 is 16.2 Å². The van der Waals surface area contributed by atoms with E-state index in [4.69, 9.17) is 10.8 Å². The second-order valence-electron chi connectivity index (χ2n) is 4.06. The van der Waals surface area contributed by atoms with Crippen LogP contribution in [0.1, 0.15) is 6.42 Å². The van der Waals surface area contributed by atoms with Crippen molar-refractivity contribution in [2.24, 2.45) is 5.73 Å². The number of rotatable bonds is 5. The molecule has 0 saturated heterocycles. The first kappa shape index (κ1) is 14.5. The van der Waals surface area contributed by atoms with Crippen molar-refractivity contribution < 1.29 is 18.3 Å². The quantitative estimate of drug-likeness (QED) is 0.658. The molecule has 0 fully saturated rings. The van der Waals surface area contributed by atoms with Gasteiger partial charge in [0.25, 0.3) is 0 Å². The molecule has 18 heavy (non-hydrogen) atoms. The summed E-state index contributed by atoms with van der Waals surface area (Å²) in [6.45, 7) is 0. The molecular weight excluding hydrogens is 256 g/mol. The van der Waals surface area contributed by atoms with E-state index >= 15 is 0 Å². The fourth-order valence-corrected chi connectivity index (χ4v) is 1.93. The van der Waals surface area contributed by atoms with Crippen LogP contribution in [0.4, 0.5) is 5.69 Å². The molecule has 1 unspecified atom stereocenters. The van der Waals surface area contributed by atoms with Gasteiger partial charge in [-0.1, -0.05) is 0 Å². The maximum absolute atomic E-state index is 11.6. The van der Waals surface area contributed by atoms with Gasteiger partial charge in [-0.25, -0.2) is 8.42 Å². The van der Waals surface area contributed by atoms with E-state index < -0.39 is 21.8 Å². The van der Waals surface area contributed by atoms with Crippen molar-refractivity contribution >= 4 is 21.4 Å². The Kier molecular flexibility index (Phi) is 4.69. The third kappa shape index (κ3) is 5.15. The highest BCUT2D eigenvalue weighted by atomic mass is 32.2. The number of amides is 1. The minimum atomic E-state index is -3.12. The first-order chi connectivity index (χ1) is 8.28. The molecule has 7 heteroatoms. The molecule has 0 aromatic heterocycles. The lowest BCUT2D eigenvalue weighted by Gasteiger charge is -2.11. The van der Waals surface area contributed by atoms with Crippen LogP contribution in [0, 0.1) is 0 Å². The Balaban J connectivity index is 2.52. The number of carbonyl (C=O) groups is 1. The molecule has 0 heterocycles. The van der Waals surface area contributed by atoms with Crippen LogP contribution in [0.5, 0.6) is 5.75 Å². The smallest absolute Gasteiger partial charge is 0.241 e. The molecule has 1 rings (SSSR count). The Morgan fingerprint density at radius 2 is 1.94 bits per heavy atom. The summed E-state index contributed by atoms with van der Waals surface area (Å²) >= 11 is 0. The maximum atomic E-state index is 11.6. The SMILES string of the molecule is CS(=O)(=O)CCC(N)C(=O)Nc1ccc(O)cc1. The molecule has 6 nitrogen and oxygen atoms in total. The normalized spacial score (nSPS) is 13.0.